The Bertz CT molecular complexity index is 906. The molecule has 0 saturated heterocycles. The normalized spacial score (nSPS) is 11.5. The number of amides is 1. The zero-order chi connectivity index (χ0) is 19.8. The first-order valence-corrected chi connectivity index (χ1v) is 9.24. The lowest BCUT2D eigenvalue weighted by Gasteiger charge is -2.16. The van der Waals surface area contributed by atoms with Crippen LogP contribution in [0.3, 0.4) is 0 Å². The molecule has 4 nitrogen and oxygen atoms in total. The second kappa shape index (κ2) is 9.51. The summed E-state index contributed by atoms with van der Waals surface area (Å²) in [4.78, 5) is 24.1. The zero-order valence-electron chi connectivity index (χ0n) is 15.8. The van der Waals surface area contributed by atoms with Crippen LogP contribution in [-0.4, -0.2) is 24.3 Å². The van der Waals surface area contributed by atoms with Gasteiger partial charge in [-0.05, 0) is 42.2 Å². The molecule has 1 atom stereocenters. The predicted molar refractivity (Wildman–Crippen MR) is 110 cm³/mol. The number of ether oxygens (including phenoxy) is 1. The summed E-state index contributed by atoms with van der Waals surface area (Å²) in [7, 11) is 0. The lowest BCUT2D eigenvalue weighted by molar-refractivity contribution is -0.128. The third-order valence-electron chi connectivity index (χ3n) is 4.44. The summed E-state index contributed by atoms with van der Waals surface area (Å²) in [5.74, 6) is 0.213. The van der Waals surface area contributed by atoms with Crippen LogP contribution in [-0.2, 0) is 16.0 Å². The Hall–Kier alpha value is -3.40. The highest BCUT2D eigenvalue weighted by Crippen LogP contribution is 2.21. The van der Waals surface area contributed by atoms with E-state index in [0.717, 1.165) is 16.7 Å². The van der Waals surface area contributed by atoms with Gasteiger partial charge in [0, 0.05) is 0 Å². The molecule has 0 saturated carbocycles. The number of carbonyl (C=O) groups is 2. The minimum Gasteiger partial charge on any atom is -0.484 e. The smallest absolute Gasteiger partial charge is 0.258 e. The van der Waals surface area contributed by atoms with Gasteiger partial charge in [0.25, 0.3) is 5.91 Å². The molecule has 142 valence electrons. The van der Waals surface area contributed by atoms with Gasteiger partial charge < -0.3 is 10.1 Å². The predicted octanol–water partition coefficient (Wildman–Crippen LogP) is 4.05. The van der Waals surface area contributed by atoms with E-state index >= 15 is 0 Å². The molecule has 4 heteroatoms. The Labute approximate surface area is 165 Å². The van der Waals surface area contributed by atoms with Crippen LogP contribution in [0.25, 0.3) is 11.1 Å². The average molecular weight is 373 g/mol. The van der Waals surface area contributed by atoms with E-state index in [0.29, 0.717) is 12.2 Å². The van der Waals surface area contributed by atoms with Crippen LogP contribution in [0.2, 0.25) is 0 Å². The summed E-state index contributed by atoms with van der Waals surface area (Å²) in [6.45, 7) is 1.35. The highest BCUT2D eigenvalue weighted by Gasteiger charge is 2.17. The van der Waals surface area contributed by atoms with Crippen molar-refractivity contribution in [3.63, 3.8) is 0 Å². The summed E-state index contributed by atoms with van der Waals surface area (Å²) >= 11 is 0. The molecule has 0 aliphatic rings. The Morgan fingerprint density at radius 1 is 0.821 bits per heavy atom. The fourth-order valence-electron chi connectivity index (χ4n) is 2.91. The molecular formula is C24H23NO3. The maximum atomic E-state index is 12.2. The topological polar surface area (TPSA) is 55.4 Å². The van der Waals surface area contributed by atoms with Crippen molar-refractivity contribution in [1.82, 2.24) is 5.32 Å². The Morgan fingerprint density at radius 2 is 1.39 bits per heavy atom. The molecular weight excluding hydrogens is 350 g/mol. The molecule has 0 bridgehead atoms. The van der Waals surface area contributed by atoms with E-state index in [2.05, 4.69) is 5.32 Å². The van der Waals surface area contributed by atoms with Crippen LogP contribution in [0, 0.1) is 0 Å². The molecule has 0 spiro atoms. The van der Waals surface area contributed by atoms with Gasteiger partial charge in [0.05, 0.1) is 6.04 Å². The van der Waals surface area contributed by atoms with Gasteiger partial charge in [0.1, 0.15) is 5.75 Å². The number of carbonyl (C=O) groups excluding carboxylic acids is 2. The molecule has 28 heavy (non-hydrogen) atoms. The van der Waals surface area contributed by atoms with Crippen LogP contribution in [0.5, 0.6) is 5.75 Å². The van der Waals surface area contributed by atoms with Gasteiger partial charge in [-0.1, -0.05) is 72.8 Å². The second-order valence-electron chi connectivity index (χ2n) is 6.60. The molecule has 0 radical (unpaired) electrons. The summed E-state index contributed by atoms with van der Waals surface area (Å²) in [5.41, 5.74) is 3.20. The van der Waals surface area contributed by atoms with Crippen LogP contribution in [0.4, 0.5) is 0 Å². The first kappa shape index (κ1) is 19.4. The standard InChI is InChI=1S/C24H23NO3/c1-18(26)23(16-19-8-4-2-5-9-19)25-24(27)17-28-22-14-12-21(13-15-22)20-10-6-3-7-11-20/h2-15,23H,16-17H2,1H3,(H,25,27)/t23-/m0/s1. The van der Waals surface area contributed by atoms with E-state index in [4.69, 9.17) is 4.74 Å². The maximum Gasteiger partial charge on any atom is 0.258 e. The van der Waals surface area contributed by atoms with Crippen molar-refractivity contribution >= 4 is 11.7 Å². The number of benzene rings is 3. The molecule has 3 aromatic carbocycles. The van der Waals surface area contributed by atoms with E-state index in [1.807, 2.05) is 84.9 Å². The number of hydrogen-bond acceptors (Lipinski definition) is 3. The molecule has 3 rings (SSSR count). The van der Waals surface area contributed by atoms with E-state index < -0.39 is 6.04 Å². The molecule has 1 amide bonds. The molecule has 0 aromatic heterocycles. The van der Waals surface area contributed by atoms with E-state index in [9.17, 15) is 9.59 Å². The SMILES string of the molecule is CC(=O)[C@H](Cc1ccccc1)NC(=O)COc1ccc(-c2ccccc2)cc1. The Balaban J connectivity index is 1.53. The van der Waals surface area contributed by atoms with Gasteiger partial charge in [-0.3, -0.25) is 9.59 Å². The molecule has 1 N–H and O–H groups in total. The minimum atomic E-state index is -0.557. The van der Waals surface area contributed by atoms with Crippen molar-refractivity contribution in [2.45, 2.75) is 19.4 Å². The molecule has 3 aromatic rings. The summed E-state index contributed by atoms with van der Waals surface area (Å²) < 4.78 is 5.57. The summed E-state index contributed by atoms with van der Waals surface area (Å²) in [5, 5.41) is 2.76. The number of rotatable bonds is 8. The highest BCUT2D eigenvalue weighted by atomic mass is 16.5. The number of Topliss-reactive ketones (excluding diaryl/α,β-unsaturated/α-hetero) is 1. The highest BCUT2D eigenvalue weighted by molar-refractivity contribution is 5.88. The van der Waals surface area contributed by atoms with Gasteiger partial charge in [0.15, 0.2) is 12.4 Å². The van der Waals surface area contributed by atoms with Crippen molar-refractivity contribution < 1.29 is 14.3 Å². The van der Waals surface area contributed by atoms with E-state index in [-0.39, 0.29) is 18.3 Å². The first-order valence-electron chi connectivity index (χ1n) is 9.24. The van der Waals surface area contributed by atoms with Gasteiger partial charge in [-0.2, -0.15) is 0 Å². The number of hydrogen-bond donors (Lipinski definition) is 1. The van der Waals surface area contributed by atoms with Crippen molar-refractivity contribution in [3.8, 4) is 16.9 Å². The third-order valence-corrected chi connectivity index (χ3v) is 4.44. The fraction of sp³-hybridized carbons (Fsp3) is 0.167. The average Bonchev–Trinajstić information content (AvgIpc) is 2.73. The Morgan fingerprint density at radius 3 is 2.00 bits per heavy atom. The molecule has 0 aliphatic carbocycles. The van der Waals surface area contributed by atoms with Crippen molar-refractivity contribution in [2.75, 3.05) is 6.61 Å². The molecule has 0 unspecified atom stereocenters. The lowest BCUT2D eigenvalue weighted by atomic mass is 10.0. The van der Waals surface area contributed by atoms with Crippen LogP contribution in [0.15, 0.2) is 84.9 Å². The van der Waals surface area contributed by atoms with Crippen LogP contribution >= 0.6 is 0 Å². The first-order chi connectivity index (χ1) is 13.6. The van der Waals surface area contributed by atoms with Crippen molar-refractivity contribution in [1.29, 1.82) is 0 Å². The number of nitrogens with one attached hydrogen (secondary N) is 1. The third kappa shape index (κ3) is 5.55. The Kier molecular flexibility index (Phi) is 6.58. The quantitative estimate of drug-likeness (QED) is 0.648. The van der Waals surface area contributed by atoms with E-state index in [1.165, 1.54) is 6.92 Å². The van der Waals surface area contributed by atoms with E-state index in [1.54, 1.807) is 0 Å². The molecule has 0 aliphatic heterocycles. The summed E-state index contributed by atoms with van der Waals surface area (Å²) in [6, 6.07) is 26.7. The number of ketones is 1. The van der Waals surface area contributed by atoms with Crippen molar-refractivity contribution in [2.24, 2.45) is 0 Å². The second-order valence-corrected chi connectivity index (χ2v) is 6.60. The van der Waals surface area contributed by atoms with Crippen LogP contribution in [0.1, 0.15) is 12.5 Å². The molecule has 0 fully saturated rings. The van der Waals surface area contributed by atoms with Gasteiger partial charge >= 0.3 is 0 Å². The largest absolute Gasteiger partial charge is 0.484 e. The van der Waals surface area contributed by atoms with Crippen molar-refractivity contribution in [3.05, 3.63) is 90.5 Å². The minimum absolute atomic E-state index is 0.0792. The van der Waals surface area contributed by atoms with Crippen LogP contribution < -0.4 is 10.1 Å². The van der Waals surface area contributed by atoms with Gasteiger partial charge in [-0.15, -0.1) is 0 Å². The van der Waals surface area contributed by atoms with Gasteiger partial charge in [-0.25, -0.2) is 0 Å². The lowest BCUT2D eigenvalue weighted by Crippen LogP contribution is -2.43. The fourth-order valence-corrected chi connectivity index (χ4v) is 2.91. The summed E-state index contributed by atoms with van der Waals surface area (Å²) in [6.07, 6.45) is 0.466. The monoisotopic (exact) mass is 373 g/mol. The zero-order valence-corrected chi connectivity index (χ0v) is 15.8. The maximum absolute atomic E-state index is 12.2. The molecule has 0 heterocycles. The van der Waals surface area contributed by atoms with Gasteiger partial charge in [0.2, 0.25) is 0 Å².